The molecule has 0 radical (unpaired) electrons. The maximum absolute atomic E-state index is 14.1. The van der Waals surface area contributed by atoms with Crippen LogP contribution in [-0.2, 0) is 16.0 Å². The third-order valence-electron chi connectivity index (χ3n) is 6.46. The summed E-state index contributed by atoms with van der Waals surface area (Å²) in [7, 11) is 0. The molecule has 2 amide bonds. The van der Waals surface area contributed by atoms with Crippen molar-refractivity contribution in [1.82, 2.24) is 15.2 Å². The van der Waals surface area contributed by atoms with Gasteiger partial charge in [0.05, 0.1) is 4.92 Å². The van der Waals surface area contributed by atoms with E-state index in [4.69, 9.17) is 5.73 Å². The molecule has 5 N–H and O–H groups in total. The molecule has 0 spiro atoms. The fourth-order valence-electron chi connectivity index (χ4n) is 4.81. The van der Waals surface area contributed by atoms with Gasteiger partial charge in [-0.25, -0.2) is 0 Å². The van der Waals surface area contributed by atoms with Crippen LogP contribution < -0.4 is 16.4 Å². The molecule has 0 bridgehead atoms. The summed E-state index contributed by atoms with van der Waals surface area (Å²) in [5.74, 6) is -0.625. The molecule has 0 fully saturated rings. The Morgan fingerprint density at radius 2 is 1.95 bits per heavy atom. The van der Waals surface area contributed by atoms with Crippen molar-refractivity contribution in [2.24, 2.45) is 5.73 Å². The number of nitrogens with zero attached hydrogens (tertiary/aromatic N) is 2. The van der Waals surface area contributed by atoms with E-state index in [9.17, 15) is 19.7 Å². The topological polar surface area (TPSA) is 146 Å². The summed E-state index contributed by atoms with van der Waals surface area (Å²) in [6.45, 7) is 6.32. The van der Waals surface area contributed by atoms with Gasteiger partial charge >= 0.3 is 0 Å². The van der Waals surface area contributed by atoms with Crippen LogP contribution in [-0.4, -0.2) is 51.3 Å². The monoisotopic (exact) mass is 506 g/mol. The van der Waals surface area contributed by atoms with Crippen molar-refractivity contribution in [1.29, 1.82) is 0 Å². The molecule has 10 nitrogen and oxygen atoms in total. The predicted molar refractivity (Wildman–Crippen MR) is 143 cm³/mol. The van der Waals surface area contributed by atoms with E-state index in [-0.39, 0.29) is 17.5 Å². The van der Waals surface area contributed by atoms with Gasteiger partial charge in [-0.05, 0) is 57.9 Å². The molecular formula is C27H34N6O4. The highest BCUT2D eigenvalue weighted by Crippen LogP contribution is 2.36. The van der Waals surface area contributed by atoms with Gasteiger partial charge < -0.3 is 26.3 Å². The van der Waals surface area contributed by atoms with Gasteiger partial charge in [0.25, 0.3) is 5.69 Å². The van der Waals surface area contributed by atoms with Gasteiger partial charge in [0.2, 0.25) is 11.8 Å². The third-order valence-corrected chi connectivity index (χ3v) is 6.46. The van der Waals surface area contributed by atoms with E-state index in [0.29, 0.717) is 43.6 Å². The first kappa shape index (κ1) is 26.2. The van der Waals surface area contributed by atoms with Crippen LogP contribution >= 0.6 is 0 Å². The van der Waals surface area contributed by atoms with E-state index in [1.165, 1.54) is 12.1 Å². The maximum atomic E-state index is 14.1. The lowest BCUT2D eigenvalue weighted by molar-refractivity contribution is -0.384. The molecule has 3 aromatic rings. The normalized spacial score (nSPS) is 17.7. The molecule has 1 aromatic heterocycles. The van der Waals surface area contributed by atoms with Crippen LogP contribution in [0.3, 0.4) is 0 Å². The van der Waals surface area contributed by atoms with Crippen LogP contribution in [0.15, 0.2) is 48.7 Å². The zero-order valence-corrected chi connectivity index (χ0v) is 21.4. The van der Waals surface area contributed by atoms with Gasteiger partial charge in [-0.15, -0.1) is 0 Å². The molecule has 0 saturated carbocycles. The number of para-hydroxylation sites is 1. The Balaban J connectivity index is 1.81. The van der Waals surface area contributed by atoms with Crippen molar-refractivity contribution in [3.8, 4) is 0 Å². The summed E-state index contributed by atoms with van der Waals surface area (Å²) in [4.78, 5) is 43.7. The number of hydrogen-bond acceptors (Lipinski definition) is 6. The standard InChI is InChI=1S/C27H34N6O4/c1-27(2,3)31-25(34)24-20-15-18(33(36)37)10-11-22(20)30-23(26(35)32(24)13-7-6-12-28)14-17-16-29-21-9-5-4-8-19(17)21/h4-5,8-11,15-16,23-24,29-30H,6-7,12-14,28H2,1-3H3,(H,31,34)/t23-,24?/m0/s1. The van der Waals surface area contributed by atoms with Crippen LogP contribution in [0.25, 0.3) is 10.9 Å². The number of carbonyl (C=O) groups is 2. The molecule has 1 aliphatic heterocycles. The van der Waals surface area contributed by atoms with Crippen molar-refractivity contribution in [3.63, 3.8) is 0 Å². The average Bonchev–Trinajstić information content (AvgIpc) is 3.20. The van der Waals surface area contributed by atoms with Crippen molar-refractivity contribution in [2.75, 3.05) is 18.4 Å². The molecule has 196 valence electrons. The number of rotatable bonds is 8. The first-order chi connectivity index (χ1) is 17.6. The molecule has 2 aromatic carbocycles. The number of unbranched alkanes of at least 4 members (excludes halogenated alkanes) is 1. The van der Waals surface area contributed by atoms with Gasteiger partial charge in [-0.3, -0.25) is 19.7 Å². The highest BCUT2D eigenvalue weighted by atomic mass is 16.6. The minimum Gasteiger partial charge on any atom is -0.373 e. The SMILES string of the molecule is CC(C)(C)NC(=O)C1c2cc([N+](=O)[O-])ccc2N[C@@H](Cc2c[nH]c3ccccc23)C(=O)N1CCCCN. The second kappa shape index (κ2) is 10.6. The summed E-state index contributed by atoms with van der Waals surface area (Å²) in [6, 6.07) is 10.5. The number of nitrogens with two attached hydrogens (primary N) is 1. The van der Waals surface area contributed by atoms with Crippen LogP contribution in [0, 0.1) is 10.1 Å². The van der Waals surface area contributed by atoms with Crippen molar-refractivity contribution in [2.45, 2.75) is 57.7 Å². The van der Waals surface area contributed by atoms with E-state index >= 15 is 0 Å². The van der Waals surface area contributed by atoms with Gasteiger partial charge in [0.15, 0.2) is 0 Å². The Labute approximate surface area is 215 Å². The fraction of sp³-hybridized carbons (Fsp3) is 0.407. The summed E-state index contributed by atoms with van der Waals surface area (Å²) >= 11 is 0. The minimum absolute atomic E-state index is 0.140. The Morgan fingerprint density at radius 3 is 2.65 bits per heavy atom. The number of carbonyl (C=O) groups excluding carboxylic acids is 2. The van der Waals surface area contributed by atoms with Crippen LogP contribution in [0.4, 0.5) is 11.4 Å². The Morgan fingerprint density at radius 1 is 1.19 bits per heavy atom. The highest BCUT2D eigenvalue weighted by molar-refractivity contribution is 5.96. The Bertz CT molecular complexity index is 1310. The number of nitro benzene ring substituents is 1. The van der Waals surface area contributed by atoms with Crippen LogP contribution in [0.2, 0.25) is 0 Å². The predicted octanol–water partition coefficient (Wildman–Crippen LogP) is 3.64. The first-order valence-electron chi connectivity index (χ1n) is 12.5. The molecular weight excluding hydrogens is 472 g/mol. The van der Waals surface area contributed by atoms with Crippen LogP contribution in [0.1, 0.15) is 50.8 Å². The van der Waals surface area contributed by atoms with E-state index in [1.807, 2.05) is 51.2 Å². The minimum atomic E-state index is -1.03. The van der Waals surface area contributed by atoms with Crippen molar-refractivity contribution < 1.29 is 14.5 Å². The fourth-order valence-corrected chi connectivity index (χ4v) is 4.81. The largest absolute Gasteiger partial charge is 0.373 e. The quantitative estimate of drug-likeness (QED) is 0.208. The number of benzene rings is 2. The zero-order chi connectivity index (χ0) is 26.7. The molecule has 10 heteroatoms. The van der Waals surface area contributed by atoms with E-state index < -0.39 is 22.5 Å². The number of aromatic nitrogens is 1. The summed E-state index contributed by atoms with van der Waals surface area (Å²) < 4.78 is 0. The van der Waals surface area contributed by atoms with Gasteiger partial charge in [-0.2, -0.15) is 0 Å². The zero-order valence-electron chi connectivity index (χ0n) is 21.4. The molecule has 1 aliphatic rings. The number of H-pyrrole nitrogens is 1. The second-order valence-corrected chi connectivity index (χ2v) is 10.5. The van der Waals surface area contributed by atoms with Crippen molar-refractivity contribution >= 4 is 34.1 Å². The average molecular weight is 507 g/mol. The lowest BCUT2D eigenvalue weighted by atomic mass is 9.99. The summed E-state index contributed by atoms with van der Waals surface area (Å²) in [5.41, 5.74) is 7.87. The number of aromatic amines is 1. The Kier molecular flexibility index (Phi) is 7.49. The van der Waals surface area contributed by atoms with Gasteiger partial charge in [-0.1, -0.05) is 18.2 Å². The first-order valence-corrected chi connectivity index (χ1v) is 12.5. The lowest BCUT2D eigenvalue weighted by Crippen LogP contribution is -2.51. The molecule has 2 atom stereocenters. The third kappa shape index (κ3) is 5.75. The number of nitrogens with one attached hydrogen (secondary N) is 3. The molecule has 1 unspecified atom stereocenters. The smallest absolute Gasteiger partial charge is 0.269 e. The number of hydrogen-bond donors (Lipinski definition) is 4. The van der Waals surface area contributed by atoms with E-state index in [0.717, 1.165) is 16.5 Å². The second-order valence-electron chi connectivity index (χ2n) is 10.5. The molecule has 0 aliphatic carbocycles. The molecule has 0 saturated heterocycles. The molecule has 37 heavy (non-hydrogen) atoms. The van der Waals surface area contributed by atoms with Gasteiger partial charge in [0.1, 0.15) is 12.1 Å². The number of amides is 2. The van der Waals surface area contributed by atoms with E-state index in [2.05, 4.69) is 15.6 Å². The van der Waals surface area contributed by atoms with Crippen molar-refractivity contribution in [3.05, 3.63) is 69.9 Å². The van der Waals surface area contributed by atoms with Gasteiger partial charge in [0, 0.05) is 59.0 Å². The number of anilines is 1. The maximum Gasteiger partial charge on any atom is 0.269 e. The molecule has 4 rings (SSSR count). The number of fused-ring (bicyclic) bond motifs is 2. The summed E-state index contributed by atoms with van der Waals surface area (Å²) in [5, 5.41) is 18.9. The Hall–Kier alpha value is -3.92. The number of non-ortho nitro benzene ring substituents is 1. The lowest BCUT2D eigenvalue weighted by Gasteiger charge is -2.33. The summed E-state index contributed by atoms with van der Waals surface area (Å²) in [6.07, 6.45) is 3.55. The molecule has 2 heterocycles. The number of nitro groups is 1. The highest BCUT2D eigenvalue weighted by Gasteiger charge is 2.41. The van der Waals surface area contributed by atoms with E-state index in [1.54, 1.807) is 11.0 Å². The van der Waals surface area contributed by atoms with Crippen LogP contribution in [0.5, 0.6) is 0 Å².